The number of allylic oxidation sites excluding steroid dienone is 2. The molecular formula is C13H15ClN2. The third kappa shape index (κ3) is 1.94. The highest BCUT2D eigenvalue weighted by Gasteiger charge is 2.35. The van der Waals surface area contributed by atoms with E-state index in [-0.39, 0.29) is 0 Å². The molecule has 0 radical (unpaired) electrons. The summed E-state index contributed by atoms with van der Waals surface area (Å²) in [6, 6.07) is 3.81. The van der Waals surface area contributed by atoms with Gasteiger partial charge < -0.3 is 5.32 Å². The quantitative estimate of drug-likeness (QED) is 0.641. The Balaban J connectivity index is 1.57. The van der Waals surface area contributed by atoms with Crippen molar-refractivity contribution in [3.05, 3.63) is 35.6 Å². The van der Waals surface area contributed by atoms with E-state index in [2.05, 4.69) is 22.5 Å². The second-order valence-corrected chi connectivity index (χ2v) is 5.18. The predicted molar refractivity (Wildman–Crippen MR) is 66.6 cm³/mol. The highest BCUT2D eigenvalue weighted by molar-refractivity contribution is 6.29. The molecule has 1 fully saturated rings. The van der Waals surface area contributed by atoms with Crippen molar-refractivity contribution < 1.29 is 0 Å². The second-order valence-electron chi connectivity index (χ2n) is 4.79. The number of aromatic nitrogens is 1. The standard InChI is InChI=1S/C13H15ClN2/c14-13-4-3-12(8-16-13)15-7-11-6-9-1-2-10(11)5-9/h1-4,8-11,15H,5-7H2. The van der Waals surface area contributed by atoms with Crippen molar-refractivity contribution in [3.8, 4) is 0 Å². The number of pyridine rings is 1. The van der Waals surface area contributed by atoms with Crippen molar-refractivity contribution in [2.45, 2.75) is 12.8 Å². The Labute approximate surface area is 101 Å². The predicted octanol–water partition coefficient (Wildman–Crippen LogP) is 3.36. The maximum atomic E-state index is 5.74. The van der Waals surface area contributed by atoms with Gasteiger partial charge in [0.2, 0.25) is 0 Å². The number of hydrogen-bond acceptors (Lipinski definition) is 2. The summed E-state index contributed by atoms with van der Waals surface area (Å²) in [4.78, 5) is 4.06. The fraction of sp³-hybridized carbons (Fsp3) is 0.462. The SMILES string of the molecule is Clc1ccc(NCC2CC3C=CC2C3)cn1. The molecule has 84 valence electrons. The molecule has 1 heterocycles. The lowest BCUT2D eigenvalue weighted by Crippen LogP contribution is -2.18. The van der Waals surface area contributed by atoms with Crippen LogP contribution in [0, 0.1) is 17.8 Å². The molecule has 2 nitrogen and oxygen atoms in total. The molecule has 3 heteroatoms. The third-order valence-corrected chi connectivity index (χ3v) is 3.94. The van der Waals surface area contributed by atoms with Crippen LogP contribution in [-0.4, -0.2) is 11.5 Å². The van der Waals surface area contributed by atoms with Crippen LogP contribution in [0.3, 0.4) is 0 Å². The highest BCUT2D eigenvalue weighted by atomic mass is 35.5. The Morgan fingerprint density at radius 3 is 2.88 bits per heavy atom. The lowest BCUT2D eigenvalue weighted by molar-refractivity contribution is 0.472. The molecule has 2 bridgehead atoms. The molecule has 0 aromatic carbocycles. The summed E-state index contributed by atoms with van der Waals surface area (Å²) in [6.45, 7) is 1.05. The summed E-state index contributed by atoms with van der Waals surface area (Å²) in [5.41, 5.74) is 1.07. The fourth-order valence-electron chi connectivity index (χ4n) is 2.86. The van der Waals surface area contributed by atoms with E-state index in [1.807, 2.05) is 12.1 Å². The maximum absolute atomic E-state index is 5.74. The number of halogens is 1. The summed E-state index contributed by atoms with van der Waals surface area (Å²) in [5.74, 6) is 2.45. The normalized spacial score (nSPS) is 30.9. The summed E-state index contributed by atoms with van der Waals surface area (Å²) < 4.78 is 0. The minimum Gasteiger partial charge on any atom is -0.383 e. The molecule has 16 heavy (non-hydrogen) atoms. The van der Waals surface area contributed by atoms with Gasteiger partial charge in [0.1, 0.15) is 5.15 Å². The smallest absolute Gasteiger partial charge is 0.129 e. The zero-order chi connectivity index (χ0) is 11.0. The van der Waals surface area contributed by atoms with Crippen LogP contribution < -0.4 is 5.32 Å². The molecule has 0 spiro atoms. The van der Waals surface area contributed by atoms with Crippen molar-refractivity contribution in [2.75, 3.05) is 11.9 Å². The van der Waals surface area contributed by atoms with E-state index in [9.17, 15) is 0 Å². The Kier molecular flexibility index (Phi) is 2.60. The van der Waals surface area contributed by atoms with Gasteiger partial charge in [-0.3, -0.25) is 0 Å². The van der Waals surface area contributed by atoms with E-state index in [4.69, 9.17) is 11.6 Å². The lowest BCUT2D eigenvalue weighted by Gasteiger charge is -2.18. The second kappa shape index (κ2) is 4.10. The molecule has 1 N–H and O–H groups in total. The van der Waals surface area contributed by atoms with Gasteiger partial charge in [-0.05, 0) is 42.7 Å². The monoisotopic (exact) mass is 234 g/mol. The van der Waals surface area contributed by atoms with Crippen molar-refractivity contribution in [1.82, 2.24) is 4.98 Å². The van der Waals surface area contributed by atoms with Crippen LogP contribution >= 0.6 is 11.6 Å². The zero-order valence-corrected chi connectivity index (χ0v) is 9.82. The first-order valence-corrected chi connectivity index (χ1v) is 6.23. The maximum Gasteiger partial charge on any atom is 0.129 e. The average molecular weight is 235 g/mol. The number of rotatable bonds is 3. The van der Waals surface area contributed by atoms with Gasteiger partial charge in [-0.25, -0.2) is 4.98 Å². The average Bonchev–Trinajstić information content (AvgIpc) is 2.90. The molecule has 0 saturated heterocycles. The van der Waals surface area contributed by atoms with Gasteiger partial charge in [0, 0.05) is 6.54 Å². The third-order valence-electron chi connectivity index (χ3n) is 3.71. The van der Waals surface area contributed by atoms with Gasteiger partial charge in [-0.15, -0.1) is 0 Å². The largest absolute Gasteiger partial charge is 0.383 e. The number of nitrogens with zero attached hydrogens (tertiary/aromatic N) is 1. The molecule has 2 aliphatic carbocycles. The summed E-state index contributed by atoms with van der Waals surface area (Å²) in [5, 5.41) is 3.99. The fourth-order valence-corrected chi connectivity index (χ4v) is 2.97. The highest BCUT2D eigenvalue weighted by Crippen LogP contribution is 2.43. The van der Waals surface area contributed by atoms with Gasteiger partial charge in [0.15, 0.2) is 0 Å². The van der Waals surface area contributed by atoms with Gasteiger partial charge in [0.05, 0.1) is 11.9 Å². The van der Waals surface area contributed by atoms with Crippen LogP contribution in [0.4, 0.5) is 5.69 Å². The minimum atomic E-state index is 0.549. The van der Waals surface area contributed by atoms with Crippen molar-refractivity contribution in [3.63, 3.8) is 0 Å². The molecule has 3 rings (SSSR count). The molecule has 1 saturated carbocycles. The van der Waals surface area contributed by atoms with E-state index in [0.717, 1.165) is 30.0 Å². The molecule has 0 amide bonds. The van der Waals surface area contributed by atoms with E-state index in [1.165, 1.54) is 12.8 Å². The van der Waals surface area contributed by atoms with Crippen LogP contribution in [0.25, 0.3) is 0 Å². The van der Waals surface area contributed by atoms with Crippen molar-refractivity contribution >= 4 is 17.3 Å². The number of nitrogens with one attached hydrogen (secondary N) is 1. The van der Waals surface area contributed by atoms with E-state index in [1.54, 1.807) is 6.20 Å². The Morgan fingerprint density at radius 1 is 1.31 bits per heavy atom. The number of fused-ring (bicyclic) bond motifs is 2. The van der Waals surface area contributed by atoms with Crippen LogP contribution in [0.1, 0.15) is 12.8 Å². The number of hydrogen-bond donors (Lipinski definition) is 1. The van der Waals surface area contributed by atoms with Crippen LogP contribution in [0.15, 0.2) is 30.5 Å². The molecule has 2 aliphatic rings. The topological polar surface area (TPSA) is 24.9 Å². The summed E-state index contributed by atoms with van der Waals surface area (Å²) in [6.07, 6.45) is 9.28. The summed E-state index contributed by atoms with van der Waals surface area (Å²) >= 11 is 5.74. The van der Waals surface area contributed by atoms with E-state index in [0.29, 0.717) is 5.15 Å². The van der Waals surface area contributed by atoms with E-state index < -0.39 is 0 Å². The molecular weight excluding hydrogens is 220 g/mol. The first-order chi connectivity index (χ1) is 7.81. The Hall–Kier alpha value is -1.02. The van der Waals surface area contributed by atoms with Crippen LogP contribution in [0.2, 0.25) is 5.15 Å². The lowest BCUT2D eigenvalue weighted by atomic mass is 9.93. The molecule has 0 aliphatic heterocycles. The Morgan fingerprint density at radius 2 is 2.25 bits per heavy atom. The van der Waals surface area contributed by atoms with Gasteiger partial charge in [0.25, 0.3) is 0 Å². The molecule has 1 aromatic rings. The van der Waals surface area contributed by atoms with Crippen LogP contribution in [0.5, 0.6) is 0 Å². The van der Waals surface area contributed by atoms with Gasteiger partial charge in [-0.2, -0.15) is 0 Å². The van der Waals surface area contributed by atoms with Gasteiger partial charge in [-0.1, -0.05) is 23.8 Å². The van der Waals surface area contributed by atoms with Crippen molar-refractivity contribution in [2.24, 2.45) is 17.8 Å². The zero-order valence-electron chi connectivity index (χ0n) is 9.07. The molecule has 1 aromatic heterocycles. The first-order valence-electron chi connectivity index (χ1n) is 5.85. The number of anilines is 1. The minimum absolute atomic E-state index is 0.549. The van der Waals surface area contributed by atoms with Gasteiger partial charge >= 0.3 is 0 Å². The Bertz CT molecular complexity index is 399. The molecule has 3 atom stereocenters. The van der Waals surface area contributed by atoms with Crippen LogP contribution in [-0.2, 0) is 0 Å². The van der Waals surface area contributed by atoms with E-state index >= 15 is 0 Å². The molecule has 3 unspecified atom stereocenters. The first kappa shape index (κ1) is 10.2. The summed E-state index contributed by atoms with van der Waals surface area (Å²) in [7, 11) is 0. The van der Waals surface area contributed by atoms with Crippen molar-refractivity contribution in [1.29, 1.82) is 0 Å².